The number of carbonyl (C=O) groups is 2. The van der Waals surface area contributed by atoms with Crippen molar-refractivity contribution < 1.29 is 19.0 Å². The Balaban J connectivity index is 1.84. The normalized spacial score (nSPS) is 27.8. The predicted molar refractivity (Wildman–Crippen MR) is 94.6 cm³/mol. The molecule has 3 unspecified atom stereocenters. The predicted octanol–water partition coefficient (Wildman–Crippen LogP) is 2.51. The summed E-state index contributed by atoms with van der Waals surface area (Å²) in [7, 11) is -4.04. The number of Topliss-reactive ketones (excluding diaryl/α,β-unsaturated/α-hetero) is 2. The molecule has 1 aliphatic carbocycles. The van der Waals surface area contributed by atoms with Crippen molar-refractivity contribution in [2.75, 3.05) is 5.32 Å². The average molecular weight is 354 g/mol. The highest BCUT2D eigenvalue weighted by atomic mass is 31.2. The Labute approximate surface area is 144 Å². The molecule has 2 aliphatic rings. The Morgan fingerprint density at radius 3 is 2.56 bits per heavy atom. The molecule has 0 spiro atoms. The van der Waals surface area contributed by atoms with Gasteiger partial charge in [0.15, 0.2) is 11.6 Å². The largest absolute Gasteiger partial charge is 0.345 e. The van der Waals surface area contributed by atoms with Crippen LogP contribution < -0.4 is 10.6 Å². The van der Waals surface area contributed by atoms with Crippen LogP contribution in [0.15, 0.2) is 53.3 Å². The minimum absolute atomic E-state index is 0.0547. The molecule has 6 nitrogen and oxygen atoms in total. The van der Waals surface area contributed by atoms with Crippen LogP contribution in [0.4, 0.5) is 5.69 Å². The van der Waals surface area contributed by atoms with E-state index in [0.717, 1.165) is 0 Å². The summed E-state index contributed by atoms with van der Waals surface area (Å²) in [5, 5.41) is 3.08. The molecular formula is C18H15N2O4P. The fourth-order valence-corrected chi connectivity index (χ4v) is 4.66. The maximum atomic E-state index is 12.9. The second-order valence-electron chi connectivity index (χ2n) is 6.18. The zero-order valence-corrected chi connectivity index (χ0v) is 14.2. The van der Waals surface area contributed by atoms with Crippen molar-refractivity contribution in [3.05, 3.63) is 59.7 Å². The van der Waals surface area contributed by atoms with E-state index >= 15 is 0 Å². The molecule has 0 saturated carbocycles. The van der Waals surface area contributed by atoms with Crippen LogP contribution in [0.25, 0.3) is 0 Å². The van der Waals surface area contributed by atoms with Gasteiger partial charge in [-0.1, -0.05) is 43.3 Å². The summed E-state index contributed by atoms with van der Waals surface area (Å²) in [6.45, 7) is 1.73. The van der Waals surface area contributed by atoms with Crippen molar-refractivity contribution in [1.82, 2.24) is 0 Å². The number of nitrogens with zero attached hydrogens (tertiary/aromatic N) is 1. The molecule has 2 aromatic carbocycles. The van der Waals surface area contributed by atoms with Crippen LogP contribution in [0.5, 0.6) is 0 Å². The molecule has 2 N–H and O–H groups in total. The van der Waals surface area contributed by atoms with Crippen molar-refractivity contribution >= 4 is 35.9 Å². The molecule has 25 heavy (non-hydrogen) atoms. The van der Waals surface area contributed by atoms with E-state index in [1.54, 1.807) is 49.4 Å². The van der Waals surface area contributed by atoms with Crippen LogP contribution in [0, 0.1) is 5.92 Å². The summed E-state index contributed by atoms with van der Waals surface area (Å²) in [6.07, 6.45) is 0. The Morgan fingerprint density at radius 2 is 1.76 bits per heavy atom. The Kier molecular flexibility index (Phi) is 3.49. The first kappa shape index (κ1) is 15.9. The van der Waals surface area contributed by atoms with Gasteiger partial charge in [-0.15, -0.1) is 0 Å². The zero-order valence-electron chi connectivity index (χ0n) is 13.3. The van der Waals surface area contributed by atoms with Gasteiger partial charge in [0.1, 0.15) is 11.8 Å². The second kappa shape index (κ2) is 5.48. The number of carbonyl (C=O) groups excluding carboxylic acids is 2. The number of benzene rings is 2. The topological polar surface area (TPSA) is 95.8 Å². The number of ketones is 2. The Morgan fingerprint density at radius 1 is 1.08 bits per heavy atom. The number of amidine groups is 1. The van der Waals surface area contributed by atoms with E-state index in [0.29, 0.717) is 16.8 Å². The van der Waals surface area contributed by atoms with Crippen LogP contribution in [0.1, 0.15) is 28.8 Å². The fraction of sp³-hybridized carbons (Fsp3) is 0.167. The lowest BCUT2D eigenvalue weighted by Gasteiger charge is -2.30. The molecule has 126 valence electrons. The minimum Gasteiger partial charge on any atom is -0.342 e. The summed E-state index contributed by atoms with van der Waals surface area (Å²) in [5.41, 5.74) is 1.53. The maximum Gasteiger partial charge on any atom is 0.345 e. The van der Waals surface area contributed by atoms with Crippen LogP contribution in [0.3, 0.4) is 0 Å². The van der Waals surface area contributed by atoms with Gasteiger partial charge in [-0.2, -0.15) is 4.76 Å². The lowest BCUT2D eigenvalue weighted by Crippen LogP contribution is -2.43. The number of hydrogen-bond acceptors (Lipinski definition) is 4. The van der Waals surface area contributed by atoms with E-state index in [4.69, 9.17) is 0 Å². The molecule has 0 amide bonds. The van der Waals surface area contributed by atoms with Crippen molar-refractivity contribution in [3.63, 3.8) is 0 Å². The van der Waals surface area contributed by atoms with Crippen molar-refractivity contribution in [3.8, 4) is 0 Å². The molecule has 0 bridgehead atoms. The van der Waals surface area contributed by atoms with E-state index < -0.39 is 25.1 Å². The van der Waals surface area contributed by atoms with Crippen molar-refractivity contribution in [2.24, 2.45) is 10.7 Å². The maximum absolute atomic E-state index is 12.9. The van der Waals surface area contributed by atoms with E-state index in [1.807, 2.05) is 0 Å². The molecule has 3 atom stereocenters. The van der Waals surface area contributed by atoms with Crippen LogP contribution in [-0.2, 0) is 9.36 Å². The van der Waals surface area contributed by atoms with E-state index in [9.17, 15) is 19.0 Å². The molecule has 0 fully saturated rings. The van der Waals surface area contributed by atoms with E-state index in [-0.39, 0.29) is 16.9 Å². The van der Waals surface area contributed by atoms with Crippen LogP contribution in [-0.4, -0.2) is 22.3 Å². The van der Waals surface area contributed by atoms with Gasteiger partial charge in [-0.3, -0.25) is 14.2 Å². The van der Waals surface area contributed by atoms with Crippen molar-refractivity contribution in [1.29, 1.82) is 0 Å². The van der Waals surface area contributed by atoms with Gasteiger partial charge >= 0.3 is 7.52 Å². The summed E-state index contributed by atoms with van der Waals surface area (Å²) in [4.78, 5) is 36.0. The third-order valence-electron chi connectivity index (χ3n) is 4.66. The third-order valence-corrected chi connectivity index (χ3v) is 6.17. The lowest BCUT2D eigenvalue weighted by atomic mass is 9.75. The quantitative estimate of drug-likeness (QED) is 0.606. The van der Waals surface area contributed by atoms with Crippen LogP contribution in [0.2, 0.25) is 0 Å². The summed E-state index contributed by atoms with van der Waals surface area (Å²) in [6, 6.07) is 13.4. The first-order valence-corrected chi connectivity index (χ1v) is 9.48. The van der Waals surface area contributed by atoms with E-state index in [2.05, 4.69) is 10.1 Å². The number of rotatable bonds is 1. The lowest BCUT2D eigenvalue weighted by molar-refractivity contribution is -0.121. The monoisotopic (exact) mass is 354 g/mol. The molecule has 2 aromatic rings. The highest BCUT2D eigenvalue weighted by molar-refractivity contribution is 7.65. The first-order chi connectivity index (χ1) is 11.9. The summed E-state index contributed by atoms with van der Waals surface area (Å²) >= 11 is 0. The summed E-state index contributed by atoms with van der Waals surface area (Å²) in [5.74, 6) is -2.46. The Hall–Kier alpha value is -2.56. The number of nitrogens with one attached hydrogen (secondary N) is 1. The Bertz CT molecular complexity index is 998. The smallest absolute Gasteiger partial charge is 0.342 e. The average Bonchev–Trinajstić information content (AvgIpc) is 2.59. The van der Waals surface area contributed by atoms with Crippen LogP contribution >= 0.6 is 7.52 Å². The number of fused-ring (bicyclic) bond motifs is 2. The summed E-state index contributed by atoms with van der Waals surface area (Å²) < 4.78 is 16.4. The number of hydrogen-bond donors (Lipinski definition) is 2. The van der Waals surface area contributed by atoms with E-state index in [1.165, 1.54) is 6.07 Å². The SMILES string of the molecule is CC1C(=O)C(C2=NP(=O)(O)c3ccccc3N2)C(=O)c2ccccc21. The third kappa shape index (κ3) is 2.37. The standard InChI is InChI=1S/C18H15N2O4P/c1-10-11-6-2-3-7-12(11)17(22)15(16(10)21)18-19-13-8-4-5-9-14(13)25(23,24)20-18/h2-10,15H,1H3,(H2,19,20,23,24). The van der Waals surface area contributed by atoms with Gasteiger partial charge < -0.3 is 10.2 Å². The van der Waals surface area contributed by atoms with Gasteiger partial charge in [0.05, 0.1) is 11.0 Å². The minimum atomic E-state index is -4.04. The molecule has 0 aromatic heterocycles. The molecular weight excluding hydrogens is 339 g/mol. The van der Waals surface area contributed by atoms with Gasteiger partial charge in [0.25, 0.3) is 0 Å². The molecule has 7 heteroatoms. The number of anilines is 1. The van der Waals surface area contributed by atoms with Gasteiger partial charge in [-0.25, -0.2) is 0 Å². The molecule has 1 heterocycles. The van der Waals surface area contributed by atoms with Crippen molar-refractivity contribution in [2.45, 2.75) is 12.8 Å². The molecule has 0 saturated heterocycles. The van der Waals surface area contributed by atoms with Gasteiger partial charge in [0, 0.05) is 11.5 Å². The first-order valence-electron chi connectivity index (χ1n) is 7.86. The highest BCUT2D eigenvalue weighted by Crippen LogP contribution is 2.47. The molecule has 1 aliphatic heterocycles. The number of para-hydroxylation sites is 1. The fourth-order valence-electron chi connectivity index (χ4n) is 3.37. The van der Waals surface area contributed by atoms with Gasteiger partial charge in [0.2, 0.25) is 0 Å². The molecule has 4 rings (SSSR count). The highest BCUT2D eigenvalue weighted by Gasteiger charge is 2.44. The second-order valence-corrected chi connectivity index (χ2v) is 7.95. The van der Waals surface area contributed by atoms with Gasteiger partial charge in [-0.05, 0) is 17.7 Å². The zero-order chi connectivity index (χ0) is 17.8. The molecule has 0 radical (unpaired) electrons.